The standard InChI is InChI=1S/C11H12BrFO4S/c1-11(2,10(14)15)6-18(16,17)9-5-7(12)3-4-8(9)13/h3-5H,6H2,1-2H3,(H,14,15). The Balaban J connectivity index is 3.23. The summed E-state index contributed by atoms with van der Waals surface area (Å²) >= 11 is 3.05. The third-order valence-corrected chi connectivity index (χ3v) is 4.94. The zero-order valence-electron chi connectivity index (χ0n) is 9.78. The molecule has 0 heterocycles. The quantitative estimate of drug-likeness (QED) is 0.915. The number of rotatable bonds is 4. The lowest BCUT2D eigenvalue weighted by Crippen LogP contribution is -2.32. The number of sulfone groups is 1. The molecule has 0 spiro atoms. The van der Waals surface area contributed by atoms with Crippen LogP contribution in [-0.2, 0) is 14.6 Å². The van der Waals surface area contributed by atoms with Gasteiger partial charge in [0.15, 0.2) is 9.84 Å². The predicted octanol–water partition coefficient (Wildman–Crippen LogP) is 2.47. The summed E-state index contributed by atoms with van der Waals surface area (Å²) < 4.78 is 37.9. The van der Waals surface area contributed by atoms with Crippen molar-refractivity contribution in [3.05, 3.63) is 28.5 Å². The van der Waals surface area contributed by atoms with Gasteiger partial charge in [0.1, 0.15) is 10.7 Å². The van der Waals surface area contributed by atoms with E-state index in [9.17, 15) is 17.6 Å². The number of aliphatic carboxylic acids is 1. The Bertz CT molecular complexity index is 581. The number of carbonyl (C=O) groups is 1. The molecule has 0 unspecified atom stereocenters. The largest absolute Gasteiger partial charge is 0.481 e. The molecule has 1 rings (SSSR count). The lowest BCUT2D eigenvalue weighted by molar-refractivity contribution is -0.145. The van der Waals surface area contributed by atoms with Crippen LogP contribution in [0.5, 0.6) is 0 Å². The molecule has 0 aliphatic heterocycles. The minimum Gasteiger partial charge on any atom is -0.481 e. The van der Waals surface area contributed by atoms with Crippen LogP contribution in [0.15, 0.2) is 27.6 Å². The minimum atomic E-state index is -4.00. The van der Waals surface area contributed by atoms with E-state index in [1.54, 1.807) is 0 Å². The first-order chi connectivity index (χ1) is 8.06. The Labute approximate surface area is 113 Å². The molecule has 0 aliphatic rings. The smallest absolute Gasteiger partial charge is 0.310 e. The van der Waals surface area contributed by atoms with Crippen LogP contribution in [0.4, 0.5) is 4.39 Å². The number of benzene rings is 1. The Kier molecular flexibility index (Phi) is 4.17. The summed E-state index contributed by atoms with van der Waals surface area (Å²) in [7, 11) is -4.00. The summed E-state index contributed by atoms with van der Waals surface area (Å²) in [4.78, 5) is 10.4. The van der Waals surface area contributed by atoms with Gasteiger partial charge in [-0.1, -0.05) is 15.9 Å². The van der Waals surface area contributed by atoms with Crippen molar-refractivity contribution in [3.63, 3.8) is 0 Å². The highest BCUT2D eigenvalue weighted by atomic mass is 79.9. The lowest BCUT2D eigenvalue weighted by Gasteiger charge is -2.19. The van der Waals surface area contributed by atoms with Crippen molar-refractivity contribution in [2.24, 2.45) is 5.41 Å². The first-order valence-electron chi connectivity index (χ1n) is 4.97. The Morgan fingerprint density at radius 3 is 2.50 bits per heavy atom. The number of carboxylic acids is 1. The Morgan fingerprint density at radius 1 is 1.44 bits per heavy atom. The molecule has 1 aromatic carbocycles. The second-order valence-corrected chi connectivity index (χ2v) is 7.40. The molecule has 0 amide bonds. The molecule has 1 N–H and O–H groups in total. The molecular formula is C11H12BrFO4S. The second kappa shape index (κ2) is 4.97. The number of carboxylic acid groups (broad SMARTS) is 1. The van der Waals surface area contributed by atoms with Crippen molar-refractivity contribution in [2.75, 3.05) is 5.75 Å². The average molecular weight is 339 g/mol. The van der Waals surface area contributed by atoms with E-state index in [-0.39, 0.29) is 0 Å². The van der Waals surface area contributed by atoms with E-state index in [4.69, 9.17) is 5.11 Å². The lowest BCUT2D eigenvalue weighted by atomic mass is 9.97. The fraction of sp³-hybridized carbons (Fsp3) is 0.364. The molecule has 0 aromatic heterocycles. The normalized spacial score (nSPS) is 12.4. The van der Waals surface area contributed by atoms with Gasteiger partial charge in [-0.05, 0) is 32.0 Å². The zero-order valence-corrected chi connectivity index (χ0v) is 12.2. The van der Waals surface area contributed by atoms with Gasteiger partial charge in [0, 0.05) is 4.47 Å². The molecular weight excluding hydrogens is 327 g/mol. The van der Waals surface area contributed by atoms with Gasteiger partial charge in [0.05, 0.1) is 11.2 Å². The average Bonchev–Trinajstić information content (AvgIpc) is 2.19. The van der Waals surface area contributed by atoms with Crippen LogP contribution in [-0.4, -0.2) is 25.2 Å². The molecule has 0 saturated carbocycles. The maximum Gasteiger partial charge on any atom is 0.310 e. The molecule has 0 saturated heterocycles. The fourth-order valence-electron chi connectivity index (χ4n) is 1.33. The van der Waals surface area contributed by atoms with Gasteiger partial charge >= 0.3 is 5.97 Å². The van der Waals surface area contributed by atoms with Crippen LogP contribution in [0, 0.1) is 11.2 Å². The molecule has 18 heavy (non-hydrogen) atoms. The van der Waals surface area contributed by atoms with Gasteiger partial charge in [-0.2, -0.15) is 0 Å². The first-order valence-corrected chi connectivity index (χ1v) is 7.42. The summed E-state index contributed by atoms with van der Waals surface area (Å²) in [5, 5.41) is 8.91. The Hall–Kier alpha value is -0.950. The molecule has 1 aromatic rings. The van der Waals surface area contributed by atoms with Crippen molar-refractivity contribution < 1.29 is 22.7 Å². The van der Waals surface area contributed by atoms with Gasteiger partial charge in [0.25, 0.3) is 0 Å². The van der Waals surface area contributed by atoms with Crippen molar-refractivity contribution >= 4 is 31.7 Å². The van der Waals surface area contributed by atoms with E-state index >= 15 is 0 Å². The maximum atomic E-state index is 13.5. The van der Waals surface area contributed by atoms with Crippen molar-refractivity contribution in [3.8, 4) is 0 Å². The highest BCUT2D eigenvalue weighted by Gasteiger charge is 2.35. The summed E-state index contributed by atoms with van der Waals surface area (Å²) in [6, 6.07) is 3.52. The predicted molar refractivity (Wildman–Crippen MR) is 67.6 cm³/mol. The maximum absolute atomic E-state index is 13.5. The fourth-order valence-corrected chi connectivity index (χ4v) is 3.74. The molecule has 4 nitrogen and oxygen atoms in total. The second-order valence-electron chi connectivity index (χ2n) is 4.52. The van der Waals surface area contributed by atoms with E-state index in [2.05, 4.69) is 15.9 Å². The van der Waals surface area contributed by atoms with E-state index in [0.29, 0.717) is 4.47 Å². The third-order valence-electron chi connectivity index (χ3n) is 2.36. The summed E-state index contributed by atoms with van der Waals surface area (Å²) in [6.07, 6.45) is 0. The van der Waals surface area contributed by atoms with Gasteiger partial charge in [-0.25, -0.2) is 12.8 Å². The molecule has 0 aliphatic carbocycles. The highest BCUT2D eigenvalue weighted by molar-refractivity contribution is 9.10. The van der Waals surface area contributed by atoms with Gasteiger partial charge in [0.2, 0.25) is 0 Å². The molecule has 7 heteroatoms. The minimum absolute atomic E-state index is 0.413. The van der Waals surface area contributed by atoms with E-state index in [0.717, 1.165) is 12.1 Å². The Morgan fingerprint density at radius 2 is 2.00 bits per heavy atom. The molecule has 0 fully saturated rings. The van der Waals surface area contributed by atoms with Crippen molar-refractivity contribution in [1.82, 2.24) is 0 Å². The van der Waals surface area contributed by atoms with Crippen LogP contribution >= 0.6 is 15.9 Å². The van der Waals surface area contributed by atoms with E-state index in [1.165, 1.54) is 19.9 Å². The van der Waals surface area contributed by atoms with E-state index in [1.807, 2.05) is 0 Å². The summed E-state index contributed by atoms with van der Waals surface area (Å²) in [6.45, 7) is 2.56. The van der Waals surface area contributed by atoms with Crippen LogP contribution in [0.3, 0.4) is 0 Å². The zero-order chi connectivity index (χ0) is 14.1. The van der Waals surface area contributed by atoms with Crippen LogP contribution < -0.4 is 0 Å². The van der Waals surface area contributed by atoms with Gasteiger partial charge in [-0.15, -0.1) is 0 Å². The van der Waals surface area contributed by atoms with Crippen molar-refractivity contribution in [1.29, 1.82) is 0 Å². The van der Waals surface area contributed by atoms with Gasteiger partial charge < -0.3 is 5.11 Å². The number of halogens is 2. The van der Waals surface area contributed by atoms with E-state index < -0.39 is 37.7 Å². The monoisotopic (exact) mass is 338 g/mol. The molecule has 0 atom stereocenters. The van der Waals surface area contributed by atoms with Crippen LogP contribution in [0.1, 0.15) is 13.8 Å². The number of hydrogen-bond donors (Lipinski definition) is 1. The molecule has 0 bridgehead atoms. The third kappa shape index (κ3) is 3.29. The highest BCUT2D eigenvalue weighted by Crippen LogP contribution is 2.26. The van der Waals surface area contributed by atoms with Crippen LogP contribution in [0.2, 0.25) is 0 Å². The topological polar surface area (TPSA) is 71.4 Å². The summed E-state index contributed by atoms with van der Waals surface area (Å²) in [5.41, 5.74) is -1.48. The first kappa shape index (κ1) is 15.1. The molecule has 100 valence electrons. The van der Waals surface area contributed by atoms with Crippen molar-refractivity contribution in [2.45, 2.75) is 18.7 Å². The summed E-state index contributed by atoms with van der Waals surface area (Å²) in [5.74, 6) is -2.80. The van der Waals surface area contributed by atoms with Crippen LogP contribution in [0.25, 0.3) is 0 Å². The SMILES string of the molecule is CC(C)(CS(=O)(=O)c1cc(Br)ccc1F)C(=O)O. The van der Waals surface area contributed by atoms with Gasteiger partial charge in [-0.3, -0.25) is 4.79 Å². The number of hydrogen-bond acceptors (Lipinski definition) is 3. The molecule has 0 radical (unpaired) electrons.